The predicted octanol–water partition coefficient (Wildman–Crippen LogP) is 1.96. The van der Waals surface area contributed by atoms with Crippen LogP contribution in [0.3, 0.4) is 0 Å². The maximum atomic E-state index is 12.0. The summed E-state index contributed by atoms with van der Waals surface area (Å²) < 4.78 is 25.0. The summed E-state index contributed by atoms with van der Waals surface area (Å²) in [5, 5.41) is 4.22. The molecule has 0 aliphatic heterocycles. The Hall–Kier alpha value is -2.45. The molecule has 1 aromatic carbocycles. The molecule has 2 aromatic rings. The van der Waals surface area contributed by atoms with Crippen molar-refractivity contribution < 1.29 is 13.2 Å². The maximum absolute atomic E-state index is 12.0. The molecule has 132 valence electrons. The zero-order chi connectivity index (χ0) is 18.4. The number of benzene rings is 1. The van der Waals surface area contributed by atoms with Gasteiger partial charge in [0.15, 0.2) is 0 Å². The summed E-state index contributed by atoms with van der Waals surface area (Å²) >= 11 is 6.05. The number of anilines is 1. The number of hydrogen-bond donors (Lipinski definition) is 1. The summed E-state index contributed by atoms with van der Waals surface area (Å²) in [6.45, 7) is 1.39. The van der Waals surface area contributed by atoms with Gasteiger partial charge in [-0.05, 0) is 42.3 Å². The first-order valence-electron chi connectivity index (χ1n) is 7.23. The van der Waals surface area contributed by atoms with E-state index in [4.69, 9.17) is 11.6 Å². The van der Waals surface area contributed by atoms with Gasteiger partial charge in [0.2, 0.25) is 10.0 Å². The summed E-state index contributed by atoms with van der Waals surface area (Å²) in [7, 11) is -3.67. The number of halogens is 1. The van der Waals surface area contributed by atoms with Crippen LogP contribution < -0.4 is 9.73 Å². The van der Waals surface area contributed by atoms with E-state index >= 15 is 0 Å². The van der Waals surface area contributed by atoms with Crippen molar-refractivity contribution in [1.29, 1.82) is 0 Å². The molecule has 1 amide bonds. The minimum atomic E-state index is -3.67. The summed E-state index contributed by atoms with van der Waals surface area (Å²) in [6, 6.07) is 8.22. The van der Waals surface area contributed by atoms with Crippen LogP contribution in [0.5, 0.6) is 0 Å². The SMILES string of the molecule is Cc1ccc(N(CC(=O)N/N=C\c2ccncc2)S(C)(=O)=O)cc1Cl. The minimum Gasteiger partial charge on any atom is -0.271 e. The highest BCUT2D eigenvalue weighted by Gasteiger charge is 2.21. The van der Waals surface area contributed by atoms with Gasteiger partial charge in [-0.15, -0.1) is 0 Å². The number of carbonyl (C=O) groups is 1. The normalized spacial score (nSPS) is 11.5. The molecule has 9 heteroatoms. The second-order valence-electron chi connectivity index (χ2n) is 5.28. The Labute approximate surface area is 151 Å². The van der Waals surface area contributed by atoms with E-state index in [2.05, 4.69) is 15.5 Å². The standard InChI is InChI=1S/C16H17ClN4O3S/c1-12-3-4-14(9-15(12)17)21(25(2,23)24)11-16(22)20-19-10-13-5-7-18-8-6-13/h3-10H,11H2,1-2H3,(H,20,22)/b19-10-. The smallest absolute Gasteiger partial charge is 0.260 e. The quantitative estimate of drug-likeness (QED) is 0.612. The average Bonchev–Trinajstić information content (AvgIpc) is 2.55. The number of sulfonamides is 1. The van der Waals surface area contributed by atoms with Crippen molar-refractivity contribution in [3.8, 4) is 0 Å². The van der Waals surface area contributed by atoms with E-state index in [1.165, 1.54) is 12.3 Å². The van der Waals surface area contributed by atoms with E-state index in [0.717, 1.165) is 21.7 Å². The molecule has 0 spiro atoms. The Bertz CT molecular complexity index is 886. The lowest BCUT2D eigenvalue weighted by molar-refractivity contribution is -0.119. The lowest BCUT2D eigenvalue weighted by Gasteiger charge is -2.21. The van der Waals surface area contributed by atoms with Gasteiger partial charge in [-0.2, -0.15) is 5.10 Å². The van der Waals surface area contributed by atoms with Crippen molar-refractivity contribution in [3.05, 3.63) is 58.9 Å². The fourth-order valence-electron chi connectivity index (χ4n) is 1.93. The molecule has 0 bridgehead atoms. The largest absolute Gasteiger partial charge is 0.271 e. The Kier molecular flexibility index (Phi) is 6.11. The first kappa shape index (κ1) is 18.9. The third-order valence-electron chi connectivity index (χ3n) is 3.24. The number of hydrazone groups is 1. The van der Waals surface area contributed by atoms with Gasteiger partial charge >= 0.3 is 0 Å². The summed E-state index contributed by atoms with van der Waals surface area (Å²) in [5.41, 5.74) is 4.17. The van der Waals surface area contributed by atoms with E-state index in [9.17, 15) is 13.2 Å². The van der Waals surface area contributed by atoms with Gasteiger partial charge in [0.25, 0.3) is 5.91 Å². The molecule has 1 N–H and O–H groups in total. The Morgan fingerprint density at radius 3 is 2.60 bits per heavy atom. The third kappa shape index (κ3) is 5.54. The van der Waals surface area contributed by atoms with Crippen molar-refractivity contribution >= 4 is 39.4 Å². The van der Waals surface area contributed by atoms with E-state index in [-0.39, 0.29) is 0 Å². The Balaban J connectivity index is 2.10. The van der Waals surface area contributed by atoms with Crippen LogP contribution in [-0.2, 0) is 14.8 Å². The summed E-state index contributed by atoms with van der Waals surface area (Å²) in [4.78, 5) is 15.9. The topological polar surface area (TPSA) is 91.7 Å². The van der Waals surface area contributed by atoms with Crippen LogP contribution in [0, 0.1) is 6.92 Å². The number of hydrogen-bond acceptors (Lipinski definition) is 5. The average molecular weight is 381 g/mol. The number of nitrogens with zero attached hydrogens (tertiary/aromatic N) is 3. The third-order valence-corrected chi connectivity index (χ3v) is 4.79. The number of pyridine rings is 1. The van der Waals surface area contributed by atoms with E-state index in [1.807, 2.05) is 0 Å². The number of carbonyl (C=O) groups excluding carboxylic acids is 1. The monoisotopic (exact) mass is 380 g/mol. The van der Waals surface area contributed by atoms with Crippen molar-refractivity contribution in [2.75, 3.05) is 17.1 Å². The van der Waals surface area contributed by atoms with E-state index in [1.54, 1.807) is 43.6 Å². The van der Waals surface area contributed by atoms with Crippen LogP contribution in [0.25, 0.3) is 0 Å². The van der Waals surface area contributed by atoms with Crippen LogP contribution in [0.4, 0.5) is 5.69 Å². The summed E-state index contributed by atoms with van der Waals surface area (Å²) in [6.07, 6.45) is 5.65. The van der Waals surface area contributed by atoms with Gasteiger partial charge in [-0.3, -0.25) is 14.1 Å². The molecule has 7 nitrogen and oxygen atoms in total. The van der Waals surface area contributed by atoms with Gasteiger partial charge in [0, 0.05) is 17.4 Å². The van der Waals surface area contributed by atoms with Crippen LogP contribution >= 0.6 is 11.6 Å². The van der Waals surface area contributed by atoms with Crippen LogP contribution in [0.15, 0.2) is 47.8 Å². The maximum Gasteiger partial charge on any atom is 0.260 e. The molecule has 2 rings (SSSR count). The van der Waals surface area contributed by atoms with Crippen molar-refractivity contribution in [3.63, 3.8) is 0 Å². The molecule has 0 saturated heterocycles. The highest BCUT2D eigenvalue weighted by atomic mass is 35.5. The number of aryl methyl sites for hydroxylation is 1. The molecule has 0 aliphatic carbocycles. The van der Waals surface area contributed by atoms with Crippen LogP contribution in [0.1, 0.15) is 11.1 Å². The van der Waals surface area contributed by atoms with Gasteiger partial charge < -0.3 is 0 Å². The lowest BCUT2D eigenvalue weighted by Crippen LogP contribution is -2.39. The molecule has 0 saturated carbocycles. The molecule has 25 heavy (non-hydrogen) atoms. The number of aromatic nitrogens is 1. The van der Waals surface area contributed by atoms with E-state index in [0.29, 0.717) is 10.7 Å². The summed E-state index contributed by atoms with van der Waals surface area (Å²) in [5.74, 6) is -0.576. The molecule has 0 radical (unpaired) electrons. The lowest BCUT2D eigenvalue weighted by atomic mass is 10.2. The number of rotatable bonds is 6. The molecule has 0 unspecified atom stereocenters. The van der Waals surface area contributed by atoms with Gasteiger partial charge in [0.05, 0.1) is 18.2 Å². The number of amides is 1. The molecule has 0 atom stereocenters. The zero-order valence-corrected chi connectivity index (χ0v) is 15.3. The molecular formula is C16H17ClN4O3S. The zero-order valence-electron chi connectivity index (χ0n) is 13.7. The first-order valence-corrected chi connectivity index (χ1v) is 9.46. The highest BCUT2D eigenvalue weighted by Crippen LogP contribution is 2.24. The van der Waals surface area contributed by atoms with Crippen molar-refractivity contribution in [2.24, 2.45) is 5.10 Å². The fourth-order valence-corrected chi connectivity index (χ4v) is 2.95. The molecular weight excluding hydrogens is 364 g/mol. The molecule has 1 aromatic heterocycles. The predicted molar refractivity (Wildman–Crippen MR) is 98.4 cm³/mol. The van der Waals surface area contributed by atoms with E-state index < -0.39 is 22.5 Å². The first-order chi connectivity index (χ1) is 11.8. The van der Waals surface area contributed by atoms with Crippen molar-refractivity contribution in [1.82, 2.24) is 10.4 Å². The van der Waals surface area contributed by atoms with Crippen LogP contribution in [0.2, 0.25) is 5.02 Å². The molecule has 1 heterocycles. The van der Waals surface area contributed by atoms with Gasteiger partial charge in [-0.25, -0.2) is 13.8 Å². The highest BCUT2D eigenvalue weighted by molar-refractivity contribution is 7.92. The van der Waals surface area contributed by atoms with Gasteiger partial charge in [-0.1, -0.05) is 17.7 Å². The molecule has 0 fully saturated rings. The second kappa shape index (κ2) is 8.09. The number of nitrogens with one attached hydrogen (secondary N) is 1. The Morgan fingerprint density at radius 2 is 2.00 bits per heavy atom. The molecule has 0 aliphatic rings. The minimum absolute atomic E-state index is 0.311. The Morgan fingerprint density at radius 1 is 1.32 bits per heavy atom. The fraction of sp³-hybridized carbons (Fsp3) is 0.188. The van der Waals surface area contributed by atoms with Crippen LogP contribution in [-0.4, -0.2) is 38.3 Å². The second-order valence-corrected chi connectivity index (χ2v) is 7.59. The van der Waals surface area contributed by atoms with Crippen molar-refractivity contribution in [2.45, 2.75) is 6.92 Å². The van der Waals surface area contributed by atoms with Gasteiger partial charge in [0.1, 0.15) is 6.54 Å².